The van der Waals surface area contributed by atoms with Gasteiger partial charge in [0.2, 0.25) is 0 Å². The summed E-state index contributed by atoms with van der Waals surface area (Å²) in [5.74, 6) is -0.555. The highest BCUT2D eigenvalue weighted by Gasteiger charge is 2.27. The van der Waals surface area contributed by atoms with Gasteiger partial charge in [-0.15, -0.1) is 0 Å². The second-order valence-corrected chi connectivity index (χ2v) is 8.89. The molecule has 0 saturated heterocycles. The summed E-state index contributed by atoms with van der Waals surface area (Å²) >= 11 is 12.0. The second-order valence-electron chi connectivity index (χ2n) is 8.04. The van der Waals surface area contributed by atoms with Crippen LogP contribution >= 0.6 is 23.2 Å². The molecule has 0 heterocycles. The number of hydrogen-bond acceptors (Lipinski definition) is 5. The Balaban J connectivity index is 1.94. The molecule has 210 valence electrons. The Bertz CT molecular complexity index is 1040. The van der Waals surface area contributed by atoms with Crippen LogP contribution in [0, 0.1) is 0 Å². The predicted molar refractivity (Wildman–Crippen MR) is 137 cm³/mol. The molecule has 0 aromatic heterocycles. The number of nitrogens with one attached hydrogen (secondary N) is 1. The molecule has 1 atom stereocenters. The highest BCUT2D eigenvalue weighted by atomic mass is 35.5. The number of alkyl halides is 3. The van der Waals surface area contributed by atoms with Crippen LogP contribution in [0.25, 0.3) is 0 Å². The summed E-state index contributed by atoms with van der Waals surface area (Å²) in [6, 6.07) is 10.8. The van der Waals surface area contributed by atoms with Crippen LogP contribution in [0.15, 0.2) is 42.5 Å². The summed E-state index contributed by atoms with van der Waals surface area (Å²) in [4.78, 5) is 25.5. The summed E-state index contributed by atoms with van der Waals surface area (Å²) < 4.78 is 52.4. The largest absolute Gasteiger partial charge is 0.492 e. The highest BCUT2D eigenvalue weighted by Crippen LogP contribution is 2.25. The van der Waals surface area contributed by atoms with Crippen LogP contribution in [0.3, 0.4) is 0 Å². The molecule has 2 rings (SSSR count). The second kappa shape index (κ2) is 15.6. The summed E-state index contributed by atoms with van der Waals surface area (Å²) in [6.07, 6.45) is -5.02. The number of aliphatic carboxylic acids is 1. The smallest absolute Gasteiger partial charge is 0.411 e. The molecule has 0 aliphatic heterocycles. The van der Waals surface area contributed by atoms with Crippen molar-refractivity contribution in [3.05, 3.63) is 58.1 Å². The maximum atomic E-state index is 12.9. The Hall–Kier alpha value is -2.73. The Kier molecular flexibility index (Phi) is 12.9. The number of ether oxygens (including phenoxy) is 3. The number of halogens is 5. The lowest BCUT2D eigenvalue weighted by Gasteiger charge is -2.24. The first-order valence-electron chi connectivity index (χ1n) is 11.7. The monoisotopic (exact) mass is 580 g/mol. The summed E-state index contributed by atoms with van der Waals surface area (Å²) in [7, 11) is 0. The highest BCUT2D eigenvalue weighted by molar-refractivity contribution is 6.36. The lowest BCUT2D eigenvalue weighted by atomic mass is 10.1. The summed E-state index contributed by atoms with van der Waals surface area (Å²) in [5.41, 5.74) is 1.07. The molecule has 0 radical (unpaired) electrons. The van der Waals surface area contributed by atoms with E-state index >= 15 is 0 Å². The zero-order chi connectivity index (χ0) is 28.1. The predicted octanol–water partition coefficient (Wildman–Crippen LogP) is 5.91. The molecular formula is C25H29Cl2F3N2O6. The molecule has 2 amide bonds. The van der Waals surface area contributed by atoms with E-state index in [9.17, 15) is 27.9 Å². The molecule has 2 aromatic rings. The minimum Gasteiger partial charge on any atom is -0.492 e. The first kappa shape index (κ1) is 31.5. The average molecular weight is 581 g/mol. The van der Waals surface area contributed by atoms with Crippen LogP contribution in [-0.2, 0) is 20.7 Å². The van der Waals surface area contributed by atoms with E-state index in [-0.39, 0.29) is 50.8 Å². The topological polar surface area (TPSA) is 97.3 Å². The maximum absolute atomic E-state index is 12.9. The summed E-state index contributed by atoms with van der Waals surface area (Å²) in [5, 5.41) is 12.5. The molecule has 13 heteroatoms. The van der Waals surface area contributed by atoms with E-state index in [0.29, 0.717) is 16.5 Å². The van der Waals surface area contributed by atoms with Crippen molar-refractivity contribution in [2.75, 3.05) is 44.8 Å². The molecule has 8 nitrogen and oxygen atoms in total. The van der Waals surface area contributed by atoms with Gasteiger partial charge in [-0.1, -0.05) is 35.3 Å². The van der Waals surface area contributed by atoms with Gasteiger partial charge in [0.15, 0.2) is 6.10 Å². The molecule has 0 saturated carbocycles. The van der Waals surface area contributed by atoms with Crippen LogP contribution in [-0.4, -0.2) is 73.8 Å². The number of carboxylic acid groups (broad SMARTS) is 1. The van der Waals surface area contributed by atoms with E-state index in [2.05, 4.69) is 10.1 Å². The number of hydrogen-bond donors (Lipinski definition) is 2. The third-order valence-corrected chi connectivity index (χ3v) is 5.61. The van der Waals surface area contributed by atoms with Gasteiger partial charge >= 0.3 is 18.2 Å². The number of amides is 2. The van der Waals surface area contributed by atoms with Gasteiger partial charge in [0.25, 0.3) is 0 Å². The zero-order valence-electron chi connectivity index (χ0n) is 20.6. The molecule has 0 spiro atoms. The minimum absolute atomic E-state index is 0.0845. The fraction of sp³-hybridized carbons (Fsp3) is 0.440. The van der Waals surface area contributed by atoms with Gasteiger partial charge in [0.05, 0.1) is 17.3 Å². The van der Waals surface area contributed by atoms with Crippen LogP contribution in [0.4, 0.5) is 23.7 Å². The summed E-state index contributed by atoms with van der Waals surface area (Å²) in [6.45, 7) is 0.746. The molecule has 2 aromatic carbocycles. The molecule has 0 aliphatic carbocycles. The van der Waals surface area contributed by atoms with Crippen LogP contribution in [0.2, 0.25) is 10.0 Å². The Morgan fingerprint density at radius 3 is 2.39 bits per heavy atom. The number of rotatable bonds is 15. The van der Waals surface area contributed by atoms with Crippen LogP contribution < -0.4 is 10.1 Å². The zero-order valence-corrected chi connectivity index (χ0v) is 22.1. The lowest BCUT2D eigenvalue weighted by Crippen LogP contribution is -2.39. The molecule has 38 heavy (non-hydrogen) atoms. The molecule has 0 aliphatic rings. The number of carbonyl (C=O) groups is 2. The normalized spacial score (nSPS) is 12.2. The van der Waals surface area contributed by atoms with Gasteiger partial charge in [-0.05, 0) is 49.2 Å². The van der Waals surface area contributed by atoms with Crippen molar-refractivity contribution in [1.29, 1.82) is 0 Å². The number of carbonyl (C=O) groups excluding carboxylic acids is 1. The minimum atomic E-state index is -4.43. The SMILES string of the molecule is CCOC(Cc1ccc(OCCN(CCCOCC(F)(F)F)C(=O)Nc2ccc(Cl)cc2Cl)cc1)C(=O)O. The van der Waals surface area contributed by atoms with E-state index in [1.165, 1.54) is 17.0 Å². The molecule has 1 unspecified atom stereocenters. The molecule has 0 bridgehead atoms. The van der Waals surface area contributed by atoms with E-state index < -0.39 is 30.9 Å². The van der Waals surface area contributed by atoms with E-state index in [1.807, 2.05) is 0 Å². The van der Waals surface area contributed by atoms with Crippen LogP contribution in [0.1, 0.15) is 18.9 Å². The third-order valence-electron chi connectivity index (χ3n) is 5.06. The van der Waals surface area contributed by atoms with E-state index in [0.717, 1.165) is 5.56 Å². The quantitative estimate of drug-likeness (QED) is 0.254. The van der Waals surface area contributed by atoms with Crippen LogP contribution in [0.5, 0.6) is 5.75 Å². The van der Waals surface area contributed by atoms with Crippen molar-refractivity contribution >= 4 is 40.9 Å². The van der Waals surface area contributed by atoms with Gasteiger partial charge in [-0.2, -0.15) is 13.2 Å². The van der Waals surface area contributed by atoms with Crippen molar-refractivity contribution in [1.82, 2.24) is 4.90 Å². The van der Waals surface area contributed by atoms with Crippen molar-refractivity contribution < 1.29 is 42.1 Å². The standard InChI is InChI=1S/C25H29Cl2F3N2O6/c1-2-37-22(23(33)34)14-17-4-7-19(8-5-17)38-13-11-32(10-3-12-36-16-25(28,29)30)24(35)31-21-9-6-18(26)15-20(21)27/h4-9,15,22H,2-3,10-14,16H2,1H3,(H,31,35)(H,33,34). The van der Waals surface area contributed by atoms with Gasteiger partial charge in [0, 0.05) is 31.2 Å². The number of urea groups is 1. The third kappa shape index (κ3) is 11.8. The fourth-order valence-corrected chi connectivity index (χ4v) is 3.73. The maximum Gasteiger partial charge on any atom is 0.411 e. The Labute approximate surface area is 228 Å². The molecule has 2 N–H and O–H groups in total. The van der Waals surface area contributed by atoms with E-state index in [4.69, 9.17) is 32.7 Å². The number of nitrogens with zero attached hydrogens (tertiary/aromatic N) is 1. The van der Waals surface area contributed by atoms with Gasteiger partial charge < -0.3 is 29.5 Å². The Morgan fingerprint density at radius 2 is 1.79 bits per heavy atom. The van der Waals surface area contributed by atoms with E-state index in [1.54, 1.807) is 37.3 Å². The van der Waals surface area contributed by atoms with Gasteiger partial charge in [-0.3, -0.25) is 0 Å². The first-order valence-corrected chi connectivity index (χ1v) is 12.5. The molecular weight excluding hydrogens is 552 g/mol. The van der Waals surface area contributed by atoms with Crippen molar-refractivity contribution in [3.8, 4) is 5.75 Å². The lowest BCUT2D eigenvalue weighted by molar-refractivity contribution is -0.174. The fourth-order valence-electron chi connectivity index (χ4n) is 3.27. The number of benzene rings is 2. The van der Waals surface area contributed by atoms with Gasteiger partial charge in [-0.25, -0.2) is 9.59 Å². The van der Waals surface area contributed by atoms with Crippen molar-refractivity contribution in [2.24, 2.45) is 0 Å². The first-order chi connectivity index (χ1) is 18.0. The number of anilines is 1. The van der Waals surface area contributed by atoms with Gasteiger partial charge in [0.1, 0.15) is 19.0 Å². The number of carboxylic acids is 1. The average Bonchev–Trinajstić information content (AvgIpc) is 2.84. The van der Waals surface area contributed by atoms with Crippen molar-refractivity contribution in [2.45, 2.75) is 32.0 Å². The van der Waals surface area contributed by atoms with Crippen molar-refractivity contribution in [3.63, 3.8) is 0 Å². The Morgan fingerprint density at radius 1 is 1.08 bits per heavy atom. The molecule has 0 fully saturated rings.